The molecule has 3 aliphatic heterocycles. The molecule has 3 aromatic rings. The third kappa shape index (κ3) is 6.19. The molecule has 0 radical (unpaired) electrons. The third-order valence-electron chi connectivity index (χ3n) is 9.16. The minimum atomic E-state index is -0.574. The molecule has 2 saturated heterocycles. The van der Waals surface area contributed by atoms with Crippen molar-refractivity contribution < 1.29 is 19.1 Å². The Morgan fingerprint density at radius 2 is 1.86 bits per heavy atom. The Kier molecular flexibility index (Phi) is 8.91. The summed E-state index contributed by atoms with van der Waals surface area (Å²) in [7, 11) is 3.24. The number of rotatable bonds is 10. The van der Waals surface area contributed by atoms with Crippen molar-refractivity contribution in [3.8, 4) is 6.01 Å². The highest BCUT2D eigenvalue weighted by molar-refractivity contribution is 6.36. The summed E-state index contributed by atoms with van der Waals surface area (Å²) in [5.41, 5.74) is 3.19. The molecule has 1 aromatic heterocycles. The quantitative estimate of drug-likeness (QED) is 0.265. The first-order valence-corrected chi connectivity index (χ1v) is 15.7. The van der Waals surface area contributed by atoms with Gasteiger partial charge < -0.3 is 24.6 Å². The Morgan fingerprint density at radius 1 is 1.09 bits per heavy atom. The number of hydrogen-bond acceptors (Lipinski definition) is 9. The zero-order valence-electron chi connectivity index (χ0n) is 25.4. The number of fused-ring (bicyclic) bond motifs is 3. The van der Waals surface area contributed by atoms with Crippen LogP contribution < -0.4 is 19.9 Å². The summed E-state index contributed by atoms with van der Waals surface area (Å²) in [6.07, 6.45) is 7.72. The van der Waals surface area contributed by atoms with E-state index in [9.17, 15) is 9.59 Å². The molecule has 2 fully saturated rings. The van der Waals surface area contributed by atoms with Crippen molar-refractivity contribution in [2.75, 3.05) is 63.3 Å². The first-order chi connectivity index (χ1) is 21.4. The van der Waals surface area contributed by atoms with E-state index in [1.165, 1.54) is 26.0 Å². The van der Waals surface area contributed by atoms with Gasteiger partial charge in [-0.3, -0.25) is 9.69 Å². The predicted octanol–water partition coefficient (Wildman–Crippen LogP) is 4.13. The molecular formula is C33H39ClN6O4. The molecule has 10 nitrogen and oxygen atoms in total. The van der Waals surface area contributed by atoms with Gasteiger partial charge in [0.15, 0.2) is 0 Å². The molecule has 0 saturated carbocycles. The lowest BCUT2D eigenvalue weighted by Crippen LogP contribution is -2.43. The van der Waals surface area contributed by atoms with E-state index in [0.717, 1.165) is 83.5 Å². The van der Waals surface area contributed by atoms with Crippen molar-refractivity contribution in [3.63, 3.8) is 0 Å². The number of nitrogens with one attached hydrogen (secondary N) is 1. The smallest absolute Gasteiger partial charge is 0.330 e. The number of ether oxygens (including phenoxy) is 2. The normalized spacial score (nSPS) is 17.5. The highest BCUT2D eigenvalue weighted by Gasteiger charge is 2.45. The molecule has 0 atom stereocenters. The first-order valence-electron chi connectivity index (χ1n) is 15.3. The van der Waals surface area contributed by atoms with Crippen molar-refractivity contribution in [1.29, 1.82) is 0 Å². The molecule has 0 bridgehead atoms. The fourth-order valence-electron chi connectivity index (χ4n) is 6.90. The molecule has 44 heavy (non-hydrogen) atoms. The Hall–Kier alpha value is -3.89. The number of aromatic nitrogens is 2. The van der Waals surface area contributed by atoms with Crippen LogP contribution in [-0.4, -0.2) is 85.8 Å². The van der Waals surface area contributed by atoms with Crippen molar-refractivity contribution in [3.05, 3.63) is 64.8 Å². The average Bonchev–Trinajstić information content (AvgIpc) is 3.62. The molecule has 6 rings (SSSR count). The van der Waals surface area contributed by atoms with E-state index in [0.29, 0.717) is 32.3 Å². The molecule has 11 heteroatoms. The van der Waals surface area contributed by atoms with Crippen LogP contribution in [0.5, 0.6) is 6.01 Å². The van der Waals surface area contributed by atoms with Gasteiger partial charge in [0.2, 0.25) is 5.91 Å². The predicted molar refractivity (Wildman–Crippen MR) is 171 cm³/mol. The van der Waals surface area contributed by atoms with Crippen LogP contribution in [-0.2, 0) is 27.3 Å². The second kappa shape index (κ2) is 13.0. The molecule has 232 valence electrons. The van der Waals surface area contributed by atoms with Gasteiger partial charge in [0.1, 0.15) is 12.4 Å². The van der Waals surface area contributed by atoms with Gasteiger partial charge in [0.05, 0.1) is 29.9 Å². The Morgan fingerprint density at radius 3 is 2.64 bits per heavy atom. The molecule has 3 aliphatic rings. The highest BCUT2D eigenvalue weighted by Crippen LogP contribution is 2.40. The Bertz CT molecular complexity index is 1560. The van der Waals surface area contributed by atoms with E-state index >= 15 is 0 Å². The lowest BCUT2D eigenvalue weighted by Gasteiger charge is -2.34. The maximum Gasteiger partial charge on any atom is 0.330 e. The summed E-state index contributed by atoms with van der Waals surface area (Å²) < 4.78 is 11.0. The van der Waals surface area contributed by atoms with Crippen LogP contribution in [0.1, 0.15) is 36.9 Å². The molecule has 1 N–H and O–H groups in total. The van der Waals surface area contributed by atoms with E-state index in [1.807, 2.05) is 24.1 Å². The number of benzene rings is 2. The summed E-state index contributed by atoms with van der Waals surface area (Å²) in [6.45, 7) is 5.12. The van der Waals surface area contributed by atoms with Gasteiger partial charge in [-0.1, -0.05) is 35.9 Å². The third-order valence-corrected chi connectivity index (χ3v) is 9.47. The number of likely N-dealkylation sites (N-methyl/N-ethyl adjacent to an activating group) is 1. The van der Waals surface area contributed by atoms with Crippen molar-refractivity contribution >= 4 is 45.8 Å². The fraction of sp³-hybridized carbons (Fsp3) is 0.455. The number of carbonyl (C=O) groups excluding carboxylic acids is 2. The van der Waals surface area contributed by atoms with Crippen molar-refractivity contribution in [1.82, 2.24) is 20.2 Å². The van der Waals surface area contributed by atoms with Gasteiger partial charge in [-0.15, -0.1) is 0 Å². The molecule has 1 amide bonds. The summed E-state index contributed by atoms with van der Waals surface area (Å²) in [6, 6.07) is 12.7. The van der Waals surface area contributed by atoms with Gasteiger partial charge in [0.25, 0.3) is 0 Å². The average molecular weight is 619 g/mol. The van der Waals surface area contributed by atoms with Gasteiger partial charge in [-0.05, 0) is 62.7 Å². The summed E-state index contributed by atoms with van der Waals surface area (Å²) in [5, 5.41) is 5.70. The van der Waals surface area contributed by atoms with Crippen molar-refractivity contribution in [2.24, 2.45) is 0 Å². The summed E-state index contributed by atoms with van der Waals surface area (Å²) in [5.74, 6) is -0.124. The number of amides is 1. The van der Waals surface area contributed by atoms with E-state index in [4.69, 9.17) is 26.3 Å². The van der Waals surface area contributed by atoms with Crippen molar-refractivity contribution in [2.45, 2.75) is 44.2 Å². The number of nitrogens with zero attached hydrogens (tertiary/aromatic N) is 5. The second-order valence-corrected chi connectivity index (χ2v) is 12.2. The van der Waals surface area contributed by atoms with Crippen LogP contribution in [0.3, 0.4) is 0 Å². The number of anilines is 2. The van der Waals surface area contributed by atoms with Gasteiger partial charge >= 0.3 is 12.0 Å². The first kappa shape index (κ1) is 30.1. The second-order valence-electron chi connectivity index (χ2n) is 11.8. The summed E-state index contributed by atoms with van der Waals surface area (Å²) >= 11 is 6.69. The molecule has 2 aromatic carbocycles. The lowest BCUT2D eigenvalue weighted by atomic mass is 9.95. The van der Waals surface area contributed by atoms with Crippen LogP contribution in [0.15, 0.2) is 48.6 Å². The fourth-order valence-corrected chi connectivity index (χ4v) is 7.18. The van der Waals surface area contributed by atoms with Gasteiger partial charge in [-0.2, -0.15) is 9.97 Å². The number of halogens is 1. The standard InChI is InChI=1S/C33H39ClN6O4/c1-38(20-16-35-28(41)11-12-29(42)43-2)31-24-13-19-39(27-10-4-8-23-7-3-9-25(34)30(23)27)21-26(24)36-32(37-31)44-22-33-14-5-17-40(33)18-6-15-33/h3-4,7-12H,5-6,13-22H2,1-2H3,(H,35,41)/b12-11+. The van der Waals surface area contributed by atoms with E-state index in [2.05, 4.69) is 44.1 Å². The van der Waals surface area contributed by atoms with E-state index in [1.54, 1.807) is 0 Å². The number of esters is 1. The summed E-state index contributed by atoms with van der Waals surface area (Å²) in [4.78, 5) is 40.3. The van der Waals surface area contributed by atoms with E-state index < -0.39 is 5.97 Å². The maximum atomic E-state index is 12.2. The SMILES string of the molecule is COC(=O)/C=C/C(=O)NCCN(C)c1nc(OCC23CCCN2CCC3)nc2c1CCN(c1cccc3cccc(Cl)c13)C2. The largest absolute Gasteiger partial charge is 0.466 e. The Balaban J connectivity index is 1.25. The van der Waals surface area contributed by atoms with Crippen LogP contribution in [0.25, 0.3) is 10.8 Å². The van der Waals surface area contributed by atoms with Crippen LogP contribution >= 0.6 is 11.6 Å². The monoisotopic (exact) mass is 618 g/mol. The number of carbonyl (C=O) groups is 2. The van der Waals surface area contributed by atoms with Crippen LogP contribution in [0.2, 0.25) is 5.02 Å². The molecule has 0 aliphatic carbocycles. The minimum absolute atomic E-state index is 0.0824. The van der Waals surface area contributed by atoms with Crippen LogP contribution in [0.4, 0.5) is 11.5 Å². The van der Waals surface area contributed by atoms with E-state index in [-0.39, 0.29) is 11.4 Å². The maximum absolute atomic E-state index is 12.2. The lowest BCUT2D eigenvalue weighted by molar-refractivity contribution is -0.135. The molecule has 0 spiro atoms. The zero-order chi connectivity index (χ0) is 30.7. The topological polar surface area (TPSA) is 100 Å². The Labute approximate surface area is 263 Å². The molecule has 4 heterocycles. The highest BCUT2D eigenvalue weighted by atomic mass is 35.5. The number of methoxy groups -OCH3 is 1. The van der Waals surface area contributed by atoms with Gasteiger partial charge in [0, 0.05) is 55.5 Å². The number of hydrogen-bond donors (Lipinski definition) is 1. The van der Waals surface area contributed by atoms with Crippen LogP contribution in [0, 0.1) is 0 Å². The van der Waals surface area contributed by atoms with Gasteiger partial charge in [-0.25, -0.2) is 4.79 Å². The minimum Gasteiger partial charge on any atom is -0.466 e. The molecular weight excluding hydrogens is 580 g/mol. The zero-order valence-corrected chi connectivity index (χ0v) is 26.1. The molecule has 0 unspecified atom stereocenters.